The van der Waals surface area contributed by atoms with Crippen LogP contribution in [0.4, 0.5) is 0 Å². The third-order valence-corrected chi connectivity index (χ3v) is 2.07. The zero-order valence-corrected chi connectivity index (χ0v) is 8.91. The highest BCUT2D eigenvalue weighted by molar-refractivity contribution is 7.80. The minimum absolute atomic E-state index is 0.0476. The first-order valence-electron chi connectivity index (χ1n) is 4.23. The van der Waals surface area contributed by atoms with E-state index in [1.807, 2.05) is 0 Å². The van der Waals surface area contributed by atoms with Crippen molar-refractivity contribution in [1.82, 2.24) is 0 Å². The number of benzene rings is 1. The average Bonchev–Trinajstić information content (AvgIpc) is 2.17. The minimum atomic E-state index is -0.549. The van der Waals surface area contributed by atoms with Crippen LogP contribution in [-0.2, 0) is 4.74 Å². The van der Waals surface area contributed by atoms with E-state index in [4.69, 9.17) is 10.00 Å². The predicted octanol–water partition coefficient (Wildman–Crippen LogP) is 1.73. The molecule has 1 N–H and O–H groups in total. The molecule has 0 atom stereocenters. The summed E-state index contributed by atoms with van der Waals surface area (Å²) in [6, 6.07) is 4.36. The largest absolute Gasteiger partial charge is 0.506 e. The van der Waals surface area contributed by atoms with E-state index >= 15 is 0 Å². The molecule has 15 heavy (non-hydrogen) atoms. The van der Waals surface area contributed by atoms with Gasteiger partial charge in [-0.05, 0) is 19.1 Å². The van der Waals surface area contributed by atoms with Gasteiger partial charge in [-0.15, -0.1) is 12.6 Å². The second-order valence-corrected chi connectivity index (χ2v) is 3.20. The van der Waals surface area contributed by atoms with Gasteiger partial charge in [-0.25, -0.2) is 4.79 Å². The fraction of sp³-hybridized carbons (Fsp3) is 0.200. The van der Waals surface area contributed by atoms with Crippen molar-refractivity contribution in [2.75, 3.05) is 6.61 Å². The summed E-state index contributed by atoms with van der Waals surface area (Å²) in [6.45, 7) is 1.94. The molecule has 0 radical (unpaired) electrons. The smallest absolute Gasteiger partial charge is 0.338 e. The third-order valence-electron chi connectivity index (χ3n) is 1.72. The van der Waals surface area contributed by atoms with E-state index in [1.165, 1.54) is 12.1 Å². The number of carbonyl (C=O) groups excluding carboxylic acids is 1. The molecule has 0 saturated carbocycles. The molecular weight excluding hydrogens is 214 g/mol. The number of hydrogen-bond donors (Lipinski definition) is 2. The molecule has 78 valence electrons. The van der Waals surface area contributed by atoms with E-state index < -0.39 is 5.97 Å². The second kappa shape index (κ2) is 4.71. The first kappa shape index (κ1) is 11.4. The number of nitrogens with zero attached hydrogens (tertiary/aromatic N) is 1. The van der Waals surface area contributed by atoms with E-state index in [1.54, 1.807) is 13.0 Å². The zero-order chi connectivity index (χ0) is 11.4. The Kier molecular flexibility index (Phi) is 3.58. The Bertz CT molecular complexity index is 414. The summed E-state index contributed by atoms with van der Waals surface area (Å²) in [5.74, 6) is -0.819. The van der Waals surface area contributed by atoms with Gasteiger partial charge in [-0.2, -0.15) is 5.26 Å². The fourth-order valence-electron chi connectivity index (χ4n) is 1.06. The van der Waals surface area contributed by atoms with Gasteiger partial charge in [0.1, 0.15) is 17.4 Å². The van der Waals surface area contributed by atoms with Gasteiger partial charge >= 0.3 is 5.97 Å². The Morgan fingerprint density at radius 3 is 2.80 bits per heavy atom. The van der Waals surface area contributed by atoms with Crippen LogP contribution in [0.2, 0.25) is 0 Å². The Morgan fingerprint density at radius 1 is 1.67 bits per heavy atom. The van der Waals surface area contributed by atoms with Gasteiger partial charge in [0.15, 0.2) is 0 Å². The topological polar surface area (TPSA) is 70.3 Å². The number of hydrogen-bond acceptors (Lipinski definition) is 5. The number of nitriles is 1. The number of thiol groups is 1. The molecule has 0 aromatic heterocycles. The molecule has 0 unspecified atom stereocenters. The lowest BCUT2D eigenvalue weighted by molar-refractivity contribution is 0.0525. The Balaban J connectivity index is 3.15. The number of carbonyl (C=O) groups is 1. The lowest BCUT2D eigenvalue weighted by Gasteiger charge is -2.05. The van der Waals surface area contributed by atoms with Gasteiger partial charge in [0, 0.05) is 4.90 Å². The van der Waals surface area contributed by atoms with Crippen LogP contribution < -0.4 is 0 Å². The lowest BCUT2D eigenvalue weighted by atomic mass is 10.1. The van der Waals surface area contributed by atoms with E-state index in [0.29, 0.717) is 0 Å². The second-order valence-electron chi connectivity index (χ2n) is 2.72. The van der Waals surface area contributed by atoms with Gasteiger partial charge < -0.3 is 9.84 Å². The van der Waals surface area contributed by atoms with Gasteiger partial charge in [-0.1, -0.05) is 0 Å². The van der Waals surface area contributed by atoms with Crippen molar-refractivity contribution >= 4 is 18.6 Å². The first-order chi connectivity index (χ1) is 7.10. The lowest BCUT2D eigenvalue weighted by Crippen LogP contribution is -2.04. The molecule has 4 nitrogen and oxygen atoms in total. The van der Waals surface area contributed by atoms with Crippen LogP contribution in [0.3, 0.4) is 0 Å². The Labute approximate surface area is 92.5 Å². The molecule has 1 aromatic carbocycles. The van der Waals surface area contributed by atoms with Crippen molar-refractivity contribution in [2.24, 2.45) is 0 Å². The highest BCUT2D eigenvalue weighted by Crippen LogP contribution is 2.25. The van der Waals surface area contributed by atoms with Gasteiger partial charge in [0.05, 0.1) is 12.2 Å². The quantitative estimate of drug-likeness (QED) is 0.591. The van der Waals surface area contributed by atoms with Gasteiger partial charge in [-0.3, -0.25) is 0 Å². The zero-order valence-electron chi connectivity index (χ0n) is 8.02. The van der Waals surface area contributed by atoms with Crippen LogP contribution in [0, 0.1) is 11.3 Å². The first-order valence-corrected chi connectivity index (χ1v) is 4.68. The number of ether oxygens (including phenoxy) is 1. The van der Waals surface area contributed by atoms with Crippen LogP contribution in [-0.4, -0.2) is 17.7 Å². The van der Waals surface area contributed by atoms with Crippen molar-refractivity contribution in [3.63, 3.8) is 0 Å². The Morgan fingerprint density at radius 2 is 2.33 bits per heavy atom. The molecule has 1 aromatic rings. The molecular formula is C10H9NO3S. The molecule has 0 aliphatic rings. The summed E-state index contributed by atoms with van der Waals surface area (Å²) in [5, 5.41) is 18.1. The summed E-state index contributed by atoms with van der Waals surface area (Å²) < 4.78 is 4.74. The molecule has 0 heterocycles. The molecule has 0 aliphatic heterocycles. The normalized spacial score (nSPS) is 9.40. The highest BCUT2D eigenvalue weighted by Gasteiger charge is 2.13. The van der Waals surface area contributed by atoms with Crippen molar-refractivity contribution in [3.8, 4) is 11.8 Å². The maximum atomic E-state index is 11.3. The number of aromatic hydroxyl groups is 1. The maximum Gasteiger partial charge on any atom is 0.338 e. The molecule has 5 heteroatoms. The summed E-state index contributed by atoms with van der Waals surface area (Å²) in [4.78, 5) is 11.5. The van der Waals surface area contributed by atoms with Gasteiger partial charge in [0.25, 0.3) is 0 Å². The summed E-state index contributed by atoms with van der Waals surface area (Å²) >= 11 is 3.99. The maximum absolute atomic E-state index is 11.3. The number of esters is 1. The standard InChI is InChI=1S/C10H9NO3S/c1-2-14-10(13)6-3-8(12)7(5-11)9(15)4-6/h3-4,12,15H,2H2,1H3. The number of phenols is 1. The van der Waals surface area contributed by atoms with Crippen LogP contribution in [0.5, 0.6) is 5.75 Å². The summed E-state index contributed by atoms with van der Waals surface area (Å²) in [5.41, 5.74) is 0.227. The van der Waals surface area contributed by atoms with E-state index in [9.17, 15) is 9.90 Å². The molecule has 0 fully saturated rings. The third kappa shape index (κ3) is 2.42. The van der Waals surface area contributed by atoms with Crippen molar-refractivity contribution in [3.05, 3.63) is 23.3 Å². The molecule has 0 aliphatic carbocycles. The number of phenolic OH excluding ortho intramolecular Hbond substituents is 1. The van der Waals surface area contributed by atoms with E-state index in [0.717, 1.165) is 0 Å². The minimum Gasteiger partial charge on any atom is -0.506 e. The molecule has 0 spiro atoms. The SMILES string of the molecule is CCOC(=O)c1cc(O)c(C#N)c(S)c1. The van der Waals surface area contributed by atoms with Crippen molar-refractivity contribution in [1.29, 1.82) is 5.26 Å². The average molecular weight is 223 g/mol. The van der Waals surface area contributed by atoms with E-state index in [2.05, 4.69) is 12.6 Å². The van der Waals surface area contributed by atoms with Crippen molar-refractivity contribution < 1.29 is 14.6 Å². The predicted molar refractivity (Wildman–Crippen MR) is 56.0 cm³/mol. The summed E-state index contributed by atoms with van der Waals surface area (Å²) in [7, 11) is 0. The van der Waals surface area contributed by atoms with Crippen molar-refractivity contribution in [2.45, 2.75) is 11.8 Å². The molecule has 1 rings (SSSR count). The summed E-state index contributed by atoms with van der Waals surface area (Å²) in [6.07, 6.45) is 0. The molecule has 0 saturated heterocycles. The van der Waals surface area contributed by atoms with Gasteiger partial charge in [0.2, 0.25) is 0 Å². The molecule has 0 bridgehead atoms. The van der Waals surface area contributed by atoms with E-state index in [-0.39, 0.29) is 28.4 Å². The van der Waals surface area contributed by atoms with Crippen LogP contribution in [0.15, 0.2) is 17.0 Å². The van der Waals surface area contributed by atoms with Crippen LogP contribution in [0.25, 0.3) is 0 Å². The fourth-order valence-corrected chi connectivity index (χ4v) is 1.36. The molecule has 0 amide bonds. The highest BCUT2D eigenvalue weighted by atomic mass is 32.1. The van der Waals surface area contributed by atoms with Crippen LogP contribution >= 0.6 is 12.6 Å². The van der Waals surface area contributed by atoms with Crippen LogP contribution in [0.1, 0.15) is 22.8 Å². The monoisotopic (exact) mass is 223 g/mol. The Hall–Kier alpha value is -1.67. The number of rotatable bonds is 2.